The highest BCUT2D eigenvalue weighted by molar-refractivity contribution is 5.94. The van der Waals surface area contributed by atoms with Crippen molar-refractivity contribution in [2.45, 2.75) is 19.8 Å². The molecular formula is C23H23N3O3. The topological polar surface area (TPSA) is 75.4 Å². The lowest BCUT2D eigenvalue weighted by molar-refractivity contribution is -0.121. The zero-order chi connectivity index (χ0) is 20.2. The second kappa shape index (κ2) is 8.31. The highest BCUT2D eigenvalue weighted by Gasteiger charge is 2.29. The first-order valence-electron chi connectivity index (χ1n) is 9.76. The number of oxazole rings is 1. The number of nitrogens with one attached hydrogen (secondary N) is 1. The smallest absolute Gasteiger partial charge is 0.291 e. The number of likely N-dealkylation sites (tertiary alicyclic amines) is 1. The van der Waals surface area contributed by atoms with Gasteiger partial charge in [-0.25, -0.2) is 4.98 Å². The van der Waals surface area contributed by atoms with Crippen LogP contribution in [-0.2, 0) is 4.79 Å². The largest absolute Gasteiger partial charge is 0.438 e. The Labute approximate surface area is 169 Å². The first-order valence-corrected chi connectivity index (χ1v) is 9.76. The van der Waals surface area contributed by atoms with E-state index < -0.39 is 0 Å². The molecule has 2 aromatic carbocycles. The number of nitrogens with zero attached hydrogens (tertiary/aromatic N) is 2. The van der Waals surface area contributed by atoms with E-state index in [9.17, 15) is 9.59 Å². The Bertz CT molecular complexity index is 988. The van der Waals surface area contributed by atoms with Gasteiger partial charge in [-0.1, -0.05) is 42.0 Å². The van der Waals surface area contributed by atoms with Crippen LogP contribution < -0.4 is 5.32 Å². The second-order valence-corrected chi connectivity index (χ2v) is 7.37. The number of carbonyl (C=O) groups is 2. The monoisotopic (exact) mass is 389 g/mol. The van der Waals surface area contributed by atoms with Gasteiger partial charge in [0.15, 0.2) is 6.39 Å². The average Bonchev–Trinajstić information content (AvgIpc) is 3.29. The average molecular weight is 389 g/mol. The molecule has 1 N–H and O–H groups in total. The maximum Gasteiger partial charge on any atom is 0.291 e. The molecule has 0 aliphatic carbocycles. The zero-order valence-electron chi connectivity index (χ0n) is 16.3. The van der Waals surface area contributed by atoms with Gasteiger partial charge in [0, 0.05) is 24.7 Å². The van der Waals surface area contributed by atoms with Gasteiger partial charge in [0.1, 0.15) is 0 Å². The number of rotatable bonds is 4. The Morgan fingerprint density at radius 2 is 1.83 bits per heavy atom. The summed E-state index contributed by atoms with van der Waals surface area (Å²) in [6, 6.07) is 16.2. The van der Waals surface area contributed by atoms with Crippen LogP contribution >= 0.6 is 0 Å². The first-order chi connectivity index (χ1) is 14.1. The summed E-state index contributed by atoms with van der Waals surface area (Å²) in [6.07, 6.45) is 3.93. The molecule has 2 amide bonds. The summed E-state index contributed by atoms with van der Waals surface area (Å²) in [5, 5.41) is 3.00. The lowest BCUT2D eigenvalue weighted by atomic mass is 9.95. The molecule has 148 valence electrons. The molecular weight excluding hydrogens is 366 g/mol. The zero-order valence-corrected chi connectivity index (χ0v) is 16.3. The molecule has 1 fully saturated rings. The van der Waals surface area contributed by atoms with Crippen LogP contribution in [0.4, 0.5) is 5.69 Å². The molecule has 2 heterocycles. The van der Waals surface area contributed by atoms with Gasteiger partial charge in [-0.3, -0.25) is 9.59 Å². The molecule has 1 aromatic heterocycles. The van der Waals surface area contributed by atoms with Gasteiger partial charge in [-0.2, -0.15) is 0 Å². The third kappa shape index (κ3) is 4.37. The molecule has 0 atom stereocenters. The van der Waals surface area contributed by atoms with Crippen molar-refractivity contribution >= 4 is 17.5 Å². The van der Waals surface area contributed by atoms with Gasteiger partial charge in [0.05, 0.1) is 6.20 Å². The van der Waals surface area contributed by atoms with E-state index in [-0.39, 0.29) is 23.5 Å². The lowest BCUT2D eigenvalue weighted by Gasteiger charge is -2.30. The standard InChI is InChI=1S/C23H23N3O3/c1-16-3-2-4-19(13-16)17-5-7-20(8-6-17)25-22(27)18-9-11-26(12-10-18)23(28)21-14-24-15-29-21/h2-8,13-15,18H,9-12H2,1H3,(H,25,27). The fourth-order valence-corrected chi connectivity index (χ4v) is 3.64. The molecule has 6 heteroatoms. The van der Waals surface area contributed by atoms with Crippen molar-refractivity contribution in [2.75, 3.05) is 18.4 Å². The van der Waals surface area contributed by atoms with Crippen molar-refractivity contribution in [1.29, 1.82) is 0 Å². The third-order valence-electron chi connectivity index (χ3n) is 5.30. The van der Waals surface area contributed by atoms with Gasteiger partial charge in [0.25, 0.3) is 5.91 Å². The number of aryl methyl sites for hydroxylation is 1. The van der Waals surface area contributed by atoms with Gasteiger partial charge >= 0.3 is 0 Å². The van der Waals surface area contributed by atoms with E-state index in [2.05, 4.69) is 35.4 Å². The van der Waals surface area contributed by atoms with E-state index in [0.717, 1.165) is 16.8 Å². The fourth-order valence-electron chi connectivity index (χ4n) is 3.64. The van der Waals surface area contributed by atoms with Crippen molar-refractivity contribution in [3.8, 4) is 11.1 Å². The van der Waals surface area contributed by atoms with E-state index in [1.165, 1.54) is 18.2 Å². The van der Waals surface area contributed by atoms with Gasteiger partial charge in [0.2, 0.25) is 11.7 Å². The summed E-state index contributed by atoms with van der Waals surface area (Å²) in [7, 11) is 0. The van der Waals surface area contributed by atoms with Crippen LogP contribution in [0.25, 0.3) is 11.1 Å². The number of hydrogen-bond donors (Lipinski definition) is 1. The normalized spacial score (nSPS) is 14.6. The Balaban J connectivity index is 1.32. The maximum atomic E-state index is 12.6. The molecule has 3 aromatic rings. The summed E-state index contributed by atoms with van der Waals surface area (Å²) in [5.41, 5.74) is 4.28. The molecule has 4 rings (SSSR count). The summed E-state index contributed by atoms with van der Waals surface area (Å²) in [5.74, 6) is -0.0417. The van der Waals surface area contributed by atoms with Crippen LogP contribution in [0.15, 0.2) is 65.5 Å². The van der Waals surface area contributed by atoms with E-state index in [0.29, 0.717) is 25.9 Å². The molecule has 0 spiro atoms. The number of anilines is 1. The Morgan fingerprint density at radius 3 is 2.48 bits per heavy atom. The number of carbonyl (C=O) groups excluding carboxylic acids is 2. The Morgan fingerprint density at radius 1 is 1.07 bits per heavy atom. The maximum absolute atomic E-state index is 12.6. The van der Waals surface area contributed by atoms with Crippen LogP contribution in [0.3, 0.4) is 0 Å². The molecule has 0 radical (unpaired) electrons. The predicted octanol–water partition coefficient (Wildman–Crippen LogP) is 4.14. The molecule has 1 aliphatic rings. The van der Waals surface area contributed by atoms with E-state index in [1.54, 1.807) is 4.90 Å². The van der Waals surface area contributed by atoms with Gasteiger partial charge in [-0.05, 0) is 43.0 Å². The van der Waals surface area contributed by atoms with Crippen LogP contribution in [-0.4, -0.2) is 34.8 Å². The SMILES string of the molecule is Cc1cccc(-c2ccc(NC(=O)C3CCN(C(=O)c4cnco4)CC3)cc2)c1. The second-order valence-electron chi connectivity index (χ2n) is 7.37. The summed E-state index contributed by atoms with van der Waals surface area (Å²) in [6.45, 7) is 3.14. The number of benzene rings is 2. The third-order valence-corrected chi connectivity index (χ3v) is 5.30. The number of hydrogen-bond acceptors (Lipinski definition) is 4. The minimum absolute atomic E-state index is 0.0000646. The van der Waals surface area contributed by atoms with Crippen molar-refractivity contribution in [3.63, 3.8) is 0 Å². The number of aromatic nitrogens is 1. The molecule has 0 bridgehead atoms. The number of amides is 2. The molecule has 0 saturated carbocycles. The van der Waals surface area contributed by atoms with Gasteiger partial charge in [-0.15, -0.1) is 0 Å². The lowest BCUT2D eigenvalue weighted by Crippen LogP contribution is -2.41. The Kier molecular flexibility index (Phi) is 5.42. The van der Waals surface area contributed by atoms with Gasteiger partial charge < -0.3 is 14.6 Å². The first kappa shape index (κ1) is 18.9. The fraction of sp³-hybridized carbons (Fsp3) is 0.261. The molecule has 0 unspecified atom stereocenters. The Hall–Kier alpha value is -3.41. The van der Waals surface area contributed by atoms with Crippen LogP contribution in [0.1, 0.15) is 29.0 Å². The number of piperidine rings is 1. The van der Waals surface area contributed by atoms with Crippen molar-refractivity contribution < 1.29 is 14.0 Å². The van der Waals surface area contributed by atoms with E-state index in [4.69, 9.17) is 4.42 Å². The minimum Gasteiger partial charge on any atom is -0.438 e. The highest BCUT2D eigenvalue weighted by atomic mass is 16.3. The summed E-state index contributed by atoms with van der Waals surface area (Å²) >= 11 is 0. The van der Waals surface area contributed by atoms with Crippen molar-refractivity contribution in [1.82, 2.24) is 9.88 Å². The highest BCUT2D eigenvalue weighted by Crippen LogP contribution is 2.24. The predicted molar refractivity (Wildman–Crippen MR) is 110 cm³/mol. The summed E-state index contributed by atoms with van der Waals surface area (Å²) in [4.78, 5) is 30.4. The van der Waals surface area contributed by atoms with E-state index in [1.807, 2.05) is 30.3 Å². The minimum atomic E-state index is -0.173. The summed E-state index contributed by atoms with van der Waals surface area (Å²) < 4.78 is 5.07. The van der Waals surface area contributed by atoms with Crippen molar-refractivity contribution in [3.05, 3.63) is 72.4 Å². The van der Waals surface area contributed by atoms with E-state index >= 15 is 0 Å². The molecule has 1 saturated heterocycles. The molecule has 1 aliphatic heterocycles. The van der Waals surface area contributed by atoms with Crippen LogP contribution in [0, 0.1) is 12.8 Å². The van der Waals surface area contributed by atoms with Crippen molar-refractivity contribution in [2.24, 2.45) is 5.92 Å². The molecule has 6 nitrogen and oxygen atoms in total. The molecule has 29 heavy (non-hydrogen) atoms. The quantitative estimate of drug-likeness (QED) is 0.728. The van der Waals surface area contributed by atoms with Crippen LogP contribution in [0.2, 0.25) is 0 Å². The van der Waals surface area contributed by atoms with Crippen LogP contribution in [0.5, 0.6) is 0 Å².